The van der Waals surface area contributed by atoms with Crippen LogP contribution in [0.3, 0.4) is 0 Å². The van der Waals surface area contributed by atoms with Gasteiger partial charge in [-0.3, -0.25) is 0 Å². The lowest BCUT2D eigenvalue weighted by Crippen LogP contribution is -2.35. The van der Waals surface area contributed by atoms with Crippen molar-refractivity contribution < 1.29 is 20.4 Å². The Morgan fingerprint density at radius 1 is 1.10 bits per heavy atom. The van der Waals surface area contributed by atoms with Crippen molar-refractivity contribution >= 4 is 0 Å². The number of aromatic nitrogens is 3. The lowest BCUT2D eigenvalue weighted by Gasteiger charge is -2.19. The van der Waals surface area contributed by atoms with Crippen molar-refractivity contribution in [1.82, 2.24) is 15.0 Å². The maximum Gasteiger partial charge on any atom is 0.128 e. The molecular weight excluding hydrogens is 262 g/mol. The smallest absolute Gasteiger partial charge is 0.128 e. The molecule has 108 valence electrons. The summed E-state index contributed by atoms with van der Waals surface area (Å²) in [5, 5.41) is 45.5. The molecule has 0 radical (unpaired) electrons. The van der Waals surface area contributed by atoms with Crippen LogP contribution >= 0.6 is 0 Å². The topological polar surface area (TPSA) is 112 Å². The molecule has 2 rings (SSSR count). The molecule has 0 spiro atoms. The van der Waals surface area contributed by atoms with E-state index in [4.69, 9.17) is 5.11 Å². The minimum Gasteiger partial charge on any atom is -0.394 e. The Balaban J connectivity index is 2.05. The van der Waals surface area contributed by atoms with Gasteiger partial charge in [-0.2, -0.15) is 15.0 Å². The molecule has 0 unspecified atom stereocenters. The summed E-state index contributed by atoms with van der Waals surface area (Å²) < 4.78 is 0. The van der Waals surface area contributed by atoms with Gasteiger partial charge >= 0.3 is 0 Å². The molecule has 0 aliphatic rings. The fourth-order valence-corrected chi connectivity index (χ4v) is 1.76. The van der Waals surface area contributed by atoms with E-state index in [0.29, 0.717) is 6.54 Å². The van der Waals surface area contributed by atoms with Crippen molar-refractivity contribution in [1.29, 1.82) is 0 Å². The monoisotopic (exact) mass is 279 g/mol. The number of aliphatic hydroxyl groups excluding tert-OH is 4. The van der Waals surface area contributed by atoms with Gasteiger partial charge in [-0.25, -0.2) is 0 Å². The van der Waals surface area contributed by atoms with E-state index in [1.165, 1.54) is 11.0 Å². The van der Waals surface area contributed by atoms with Gasteiger partial charge in [-0.15, -0.1) is 0 Å². The second kappa shape index (κ2) is 6.58. The van der Waals surface area contributed by atoms with E-state index in [1.807, 2.05) is 30.3 Å². The third-order valence-corrected chi connectivity index (χ3v) is 2.93. The first-order valence-corrected chi connectivity index (χ1v) is 6.21. The second-order valence-corrected chi connectivity index (χ2v) is 4.47. The molecule has 0 bridgehead atoms. The molecule has 3 atom stereocenters. The Labute approximate surface area is 115 Å². The minimum absolute atomic E-state index is 0.140. The van der Waals surface area contributed by atoms with E-state index in [0.717, 1.165) is 5.56 Å². The molecule has 1 aromatic heterocycles. The van der Waals surface area contributed by atoms with Crippen LogP contribution in [0.4, 0.5) is 0 Å². The number of benzene rings is 1. The molecule has 0 saturated carbocycles. The number of hydrogen-bond acceptors (Lipinski definition) is 6. The lowest BCUT2D eigenvalue weighted by atomic mass is 10.1. The van der Waals surface area contributed by atoms with Crippen LogP contribution in [0, 0.1) is 0 Å². The zero-order chi connectivity index (χ0) is 14.5. The molecule has 7 heteroatoms. The van der Waals surface area contributed by atoms with Crippen LogP contribution in [-0.2, 0) is 6.54 Å². The van der Waals surface area contributed by atoms with E-state index >= 15 is 0 Å². The predicted octanol–water partition coefficient (Wildman–Crippen LogP) is -0.926. The average molecular weight is 279 g/mol. The summed E-state index contributed by atoms with van der Waals surface area (Å²) >= 11 is 0. The van der Waals surface area contributed by atoms with Gasteiger partial charge in [0.15, 0.2) is 0 Å². The normalized spacial score (nSPS) is 15.8. The predicted molar refractivity (Wildman–Crippen MR) is 69.6 cm³/mol. The van der Waals surface area contributed by atoms with Crippen LogP contribution in [-0.4, -0.2) is 54.2 Å². The highest BCUT2D eigenvalue weighted by Crippen LogP contribution is 2.16. The molecule has 0 saturated heterocycles. The molecule has 1 heterocycles. The van der Waals surface area contributed by atoms with Crippen LogP contribution in [0.5, 0.6) is 0 Å². The van der Waals surface area contributed by atoms with Crippen molar-refractivity contribution in [2.75, 3.05) is 6.61 Å². The van der Waals surface area contributed by atoms with Crippen LogP contribution < -0.4 is 0 Å². The van der Waals surface area contributed by atoms with E-state index < -0.39 is 24.9 Å². The molecule has 0 amide bonds. The molecule has 0 fully saturated rings. The molecule has 4 N–H and O–H groups in total. The molecule has 7 nitrogen and oxygen atoms in total. The van der Waals surface area contributed by atoms with E-state index in [9.17, 15) is 15.3 Å². The maximum absolute atomic E-state index is 9.83. The molecule has 0 aliphatic carbocycles. The van der Waals surface area contributed by atoms with Gasteiger partial charge in [0.05, 0.1) is 19.3 Å². The maximum atomic E-state index is 9.83. The number of aliphatic hydroxyl groups is 4. The Kier molecular flexibility index (Phi) is 4.80. The third kappa shape index (κ3) is 3.40. The fraction of sp³-hybridized carbons (Fsp3) is 0.385. The van der Waals surface area contributed by atoms with Gasteiger partial charge in [-0.05, 0) is 5.56 Å². The van der Waals surface area contributed by atoms with E-state index in [-0.39, 0.29) is 5.69 Å². The summed E-state index contributed by atoms with van der Waals surface area (Å²) in [5.74, 6) is 0. The third-order valence-electron chi connectivity index (χ3n) is 2.93. The van der Waals surface area contributed by atoms with Gasteiger partial charge in [0.1, 0.15) is 24.0 Å². The van der Waals surface area contributed by atoms with Gasteiger partial charge in [0.2, 0.25) is 0 Å². The second-order valence-electron chi connectivity index (χ2n) is 4.47. The largest absolute Gasteiger partial charge is 0.394 e. The van der Waals surface area contributed by atoms with E-state index in [1.54, 1.807) is 0 Å². The summed E-state index contributed by atoms with van der Waals surface area (Å²) in [6.45, 7) is -0.206. The average Bonchev–Trinajstić information content (AvgIpc) is 2.94. The summed E-state index contributed by atoms with van der Waals surface area (Å²) in [6.07, 6.45) is -3.02. The number of hydrogen-bond donors (Lipinski definition) is 4. The van der Waals surface area contributed by atoms with E-state index in [2.05, 4.69) is 10.2 Å². The molecule has 0 aliphatic heterocycles. The van der Waals surface area contributed by atoms with Crippen LogP contribution in [0.1, 0.15) is 17.4 Å². The number of nitrogens with zero attached hydrogens (tertiary/aromatic N) is 3. The highest BCUT2D eigenvalue weighted by Gasteiger charge is 2.27. The molecule has 20 heavy (non-hydrogen) atoms. The van der Waals surface area contributed by atoms with Crippen LogP contribution in [0.15, 0.2) is 36.5 Å². The van der Waals surface area contributed by atoms with Crippen LogP contribution in [0.2, 0.25) is 0 Å². The van der Waals surface area contributed by atoms with Crippen molar-refractivity contribution in [2.24, 2.45) is 0 Å². The summed E-state index contributed by atoms with van der Waals surface area (Å²) in [7, 11) is 0. The summed E-state index contributed by atoms with van der Waals surface area (Å²) in [6, 6.07) is 9.54. The van der Waals surface area contributed by atoms with Gasteiger partial charge in [0, 0.05) is 0 Å². The molecule has 2 aromatic rings. The Hall–Kier alpha value is -1.80. The molecular formula is C13H17N3O4. The first kappa shape index (κ1) is 14.6. The Morgan fingerprint density at radius 3 is 2.45 bits per heavy atom. The minimum atomic E-state index is -1.51. The van der Waals surface area contributed by atoms with Gasteiger partial charge in [0.25, 0.3) is 0 Å². The Morgan fingerprint density at radius 2 is 1.80 bits per heavy atom. The first-order valence-electron chi connectivity index (χ1n) is 6.21. The first-order chi connectivity index (χ1) is 9.61. The fourth-order valence-electron chi connectivity index (χ4n) is 1.76. The summed E-state index contributed by atoms with van der Waals surface area (Å²) in [5.41, 5.74) is 1.14. The zero-order valence-electron chi connectivity index (χ0n) is 10.7. The Bertz CT molecular complexity index is 531. The SMILES string of the molecule is OC[C@H](O)[C@@H](O)[C@@H](O)c1cnn(Cc2ccccc2)n1. The van der Waals surface area contributed by atoms with Crippen molar-refractivity contribution in [3.05, 3.63) is 47.8 Å². The molecule has 1 aromatic carbocycles. The lowest BCUT2D eigenvalue weighted by molar-refractivity contribution is -0.0790. The van der Waals surface area contributed by atoms with Crippen molar-refractivity contribution in [2.45, 2.75) is 24.9 Å². The number of rotatable bonds is 6. The van der Waals surface area contributed by atoms with Gasteiger partial charge in [-0.1, -0.05) is 30.3 Å². The highest BCUT2D eigenvalue weighted by atomic mass is 16.4. The zero-order valence-corrected chi connectivity index (χ0v) is 10.7. The summed E-state index contributed by atoms with van der Waals surface area (Å²) in [4.78, 5) is 1.38. The van der Waals surface area contributed by atoms with Crippen molar-refractivity contribution in [3.63, 3.8) is 0 Å². The quantitative estimate of drug-likeness (QED) is 0.544. The standard InChI is InChI=1S/C13H17N3O4/c17-8-11(18)13(20)12(19)10-6-14-16(15-10)7-9-4-2-1-3-5-9/h1-6,11-13,17-20H,7-8H2/t11-,12-,13+/m0/s1. The van der Waals surface area contributed by atoms with Gasteiger partial charge < -0.3 is 20.4 Å². The highest BCUT2D eigenvalue weighted by molar-refractivity contribution is 5.14. The van der Waals surface area contributed by atoms with Crippen LogP contribution in [0.25, 0.3) is 0 Å². The van der Waals surface area contributed by atoms with Crippen molar-refractivity contribution in [3.8, 4) is 0 Å².